The fourth-order valence-electron chi connectivity index (χ4n) is 7.60. The molecule has 5 aromatic heterocycles. The highest BCUT2D eigenvalue weighted by atomic mass is 15.2. The normalized spacial score (nSPS) is 13.6. The van der Waals surface area contributed by atoms with Crippen molar-refractivity contribution in [2.75, 3.05) is 0 Å². The van der Waals surface area contributed by atoms with Gasteiger partial charge in [0.05, 0.1) is 60.9 Å². The van der Waals surface area contributed by atoms with Gasteiger partial charge in [-0.1, -0.05) is 87.5 Å². The van der Waals surface area contributed by atoms with Crippen LogP contribution in [0.5, 0.6) is 0 Å². The summed E-state index contributed by atoms with van der Waals surface area (Å²) in [6.07, 6.45) is 5.02. The summed E-state index contributed by atoms with van der Waals surface area (Å²) < 4.78 is 34.3. The molecule has 0 amide bonds. The van der Waals surface area contributed by atoms with Gasteiger partial charge in [0.15, 0.2) is 0 Å². The van der Waals surface area contributed by atoms with Crippen molar-refractivity contribution in [3.8, 4) is 17.2 Å². The Hall–Kier alpha value is -6.21. The van der Waals surface area contributed by atoms with Crippen molar-refractivity contribution in [2.24, 2.45) is 6.98 Å². The van der Waals surface area contributed by atoms with Gasteiger partial charge in [0.2, 0.25) is 12.1 Å². The standard InChI is InChI=1S/C43H35N7/c1-27-12-10-19-36-41(27)45-42-49(36)38-24-32-31-15-6-7-16-33(31)48(37(32)25-39(38)50(42)40-22-28(20-21-44-40)43(2,3)4)30-14-11-13-29(23-30)47-26-46(5)34-17-8-9-18-35(34)47/h6-25H,1-5H3/i5D3. The molecule has 0 saturated heterocycles. The Morgan fingerprint density at radius 1 is 0.680 bits per heavy atom. The second kappa shape index (κ2) is 10.2. The van der Waals surface area contributed by atoms with E-state index >= 15 is 0 Å². The number of benzene rings is 5. The Balaban J connectivity index is 1.29. The highest BCUT2D eigenvalue weighted by Gasteiger charge is 2.23. The van der Waals surface area contributed by atoms with E-state index in [1.807, 2.05) is 47.2 Å². The van der Waals surface area contributed by atoms with Gasteiger partial charge in [-0.05, 0) is 72.0 Å². The third kappa shape index (κ3) is 4.00. The van der Waals surface area contributed by atoms with Crippen LogP contribution in [0.2, 0.25) is 0 Å². The van der Waals surface area contributed by atoms with Gasteiger partial charge in [-0.25, -0.2) is 9.97 Å². The van der Waals surface area contributed by atoms with Crippen LogP contribution >= 0.6 is 0 Å². The van der Waals surface area contributed by atoms with Crippen LogP contribution in [-0.4, -0.2) is 28.1 Å². The average Bonchev–Trinajstić information content (AvgIpc) is 3.88. The summed E-state index contributed by atoms with van der Waals surface area (Å²) in [5.41, 5.74) is 11.5. The number of rotatable bonds is 3. The first-order valence-electron chi connectivity index (χ1n) is 18.4. The van der Waals surface area contributed by atoms with E-state index in [4.69, 9.17) is 14.1 Å². The van der Waals surface area contributed by atoms with Crippen LogP contribution in [-0.2, 0) is 12.4 Å². The lowest BCUT2D eigenvalue weighted by atomic mass is 9.88. The molecule has 0 bridgehead atoms. The second-order valence-electron chi connectivity index (χ2n) is 14.2. The zero-order chi connectivity index (χ0) is 36.4. The maximum absolute atomic E-state index is 8.17. The Morgan fingerprint density at radius 2 is 1.46 bits per heavy atom. The molecule has 0 atom stereocenters. The van der Waals surface area contributed by atoms with E-state index in [0.717, 1.165) is 77.9 Å². The average molecular weight is 653 g/mol. The molecule has 0 unspecified atom stereocenters. The molecule has 10 aromatic rings. The highest BCUT2D eigenvalue weighted by molar-refractivity contribution is 6.14. The van der Waals surface area contributed by atoms with Crippen LogP contribution in [0.4, 0.5) is 0 Å². The summed E-state index contributed by atoms with van der Waals surface area (Å²) in [5, 5.41) is 2.24. The first kappa shape index (κ1) is 25.8. The zero-order valence-electron chi connectivity index (χ0n) is 31.2. The molecule has 7 heteroatoms. The van der Waals surface area contributed by atoms with E-state index in [0.29, 0.717) is 5.52 Å². The van der Waals surface area contributed by atoms with Crippen LogP contribution in [0, 0.1) is 13.3 Å². The van der Waals surface area contributed by atoms with Crippen LogP contribution in [0.15, 0.2) is 121 Å². The van der Waals surface area contributed by atoms with Gasteiger partial charge in [-0.2, -0.15) is 0 Å². The highest BCUT2D eigenvalue weighted by Crippen LogP contribution is 2.38. The molecule has 5 aromatic carbocycles. The number of hydrogen-bond donors (Lipinski definition) is 0. The number of aryl methyl sites for hydroxylation is 2. The molecule has 0 spiro atoms. The largest absolute Gasteiger partial charge is 0.319 e. The number of imidazole rings is 3. The lowest BCUT2D eigenvalue weighted by molar-refractivity contribution is -0.649. The number of aromatic nitrogens is 7. The van der Waals surface area contributed by atoms with Gasteiger partial charge in [-0.15, -0.1) is 0 Å². The second-order valence-corrected chi connectivity index (χ2v) is 14.2. The first-order valence-corrected chi connectivity index (χ1v) is 16.9. The van der Waals surface area contributed by atoms with E-state index in [-0.39, 0.29) is 5.41 Å². The molecule has 0 fully saturated rings. The molecule has 10 rings (SSSR count). The number of fused-ring (bicyclic) bond motifs is 9. The van der Waals surface area contributed by atoms with Crippen LogP contribution in [0.25, 0.3) is 77.9 Å². The van der Waals surface area contributed by atoms with E-state index in [1.165, 1.54) is 10.1 Å². The van der Waals surface area contributed by atoms with Crippen molar-refractivity contribution in [3.05, 3.63) is 139 Å². The van der Waals surface area contributed by atoms with Crippen LogP contribution in [0.1, 0.15) is 36.0 Å². The third-order valence-corrected chi connectivity index (χ3v) is 10.1. The molecule has 0 aliphatic heterocycles. The maximum Gasteiger partial charge on any atom is 0.244 e. The fraction of sp³-hybridized carbons (Fsp3) is 0.140. The molecule has 50 heavy (non-hydrogen) atoms. The van der Waals surface area contributed by atoms with Crippen molar-refractivity contribution in [2.45, 2.75) is 33.1 Å². The van der Waals surface area contributed by atoms with Crippen LogP contribution in [0.3, 0.4) is 0 Å². The Morgan fingerprint density at radius 3 is 2.32 bits per heavy atom. The third-order valence-electron chi connectivity index (χ3n) is 10.1. The van der Waals surface area contributed by atoms with Crippen molar-refractivity contribution < 1.29 is 8.68 Å². The molecular weight excluding hydrogens is 615 g/mol. The van der Waals surface area contributed by atoms with Crippen LogP contribution < -0.4 is 4.57 Å². The smallest absolute Gasteiger partial charge is 0.244 e. The SMILES string of the molecule is [2H]C([2H])([2H])[n+]1[c-]n(-c2cccc(-n3c4ccccc4c4cc5c(cc43)n(-c3cc(C(C)(C)C)ccn3)c3nc4c(C)cccc4n53)c2)c2ccccc21. The monoisotopic (exact) mass is 652 g/mol. The predicted molar refractivity (Wildman–Crippen MR) is 202 cm³/mol. The lowest BCUT2D eigenvalue weighted by Crippen LogP contribution is -2.26. The fourth-order valence-corrected chi connectivity index (χ4v) is 7.60. The quantitative estimate of drug-likeness (QED) is 0.141. The molecule has 0 radical (unpaired) electrons. The number of nitrogens with zero attached hydrogens (tertiary/aromatic N) is 7. The van der Waals surface area contributed by atoms with E-state index in [9.17, 15) is 0 Å². The van der Waals surface area contributed by atoms with Crippen molar-refractivity contribution in [1.29, 1.82) is 0 Å². The zero-order valence-corrected chi connectivity index (χ0v) is 28.2. The van der Waals surface area contributed by atoms with Crippen molar-refractivity contribution >= 4 is 60.7 Å². The number of hydrogen-bond acceptors (Lipinski definition) is 2. The minimum Gasteiger partial charge on any atom is -0.319 e. The molecule has 0 aliphatic rings. The van der Waals surface area contributed by atoms with Gasteiger partial charge in [0, 0.05) is 22.7 Å². The minimum atomic E-state index is -2.37. The van der Waals surface area contributed by atoms with Gasteiger partial charge in [0.25, 0.3) is 0 Å². The summed E-state index contributed by atoms with van der Waals surface area (Å²) in [6.45, 7) is 6.39. The molecule has 0 aliphatic carbocycles. The molecule has 0 N–H and O–H groups in total. The molecule has 7 nitrogen and oxygen atoms in total. The Labute approximate surface area is 293 Å². The summed E-state index contributed by atoms with van der Waals surface area (Å²) in [6, 6.07) is 39.4. The summed E-state index contributed by atoms with van der Waals surface area (Å²) in [7, 11) is 0. The minimum absolute atomic E-state index is 0.0659. The van der Waals surface area contributed by atoms with E-state index in [1.54, 1.807) is 0 Å². The van der Waals surface area contributed by atoms with Gasteiger partial charge in [-0.3, -0.25) is 8.97 Å². The Bertz CT molecular complexity index is 3110. The van der Waals surface area contributed by atoms with Gasteiger partial charge in [0.1, 0.15) is 5.82 Å². The van der Waals surface area contributed by atoms with Crippen molar-refractivity contribution in [1.82, 2.24) is 28.1 Å². The Kier molecular flexibility index (Phi) is 5.23. The van der Waals surface area contributed by atoms with Gasteiger partial charge >= 0.3 is 0 Å². The predicted octanol–water partition coefficient (Wildman–Crippen LogP) is 9.10. The molecule has 242 valence electrons. The van der Waals surface area contributed by atoms with E-state index < -0.39 is 6.98 Å². The maximum atomic E-state index is 8.17. The van der Waals surface area contributed by atoms with Crippen molar-refractivity contribution in [3.63, 3.8) is 0 Å². The van der Waals surface area contributed by atoms with Gasteiger partial charge < -0.3 is 13.7 Å². The molecule has 5 heterocycles. The van der Waals surface area contributed by atoms with E-state index in [2.05, 4.69) is 126 Å². The lowest BCUT2D eigenvalue weighted by Gasteiger charge is -2.19. The topological polar surface area (TPSA) is 48.9 Å². The summed E-state index contributed by atoms with van der Waals surface area (Å²) in [5.74, 6) is 1.62. The molecule has 0 saturated carbocycles. The summed E-state index contributed by atoms with van der Waals surface area (Å²) in [4.78, 5) is 10.2. The molecular formula is C43H35N7. The first-order chi connectivity index (χ1) is 25.5. The summed E-state index contributed by atoms with van der Waals surface area (Å²) >= 11 is 0. The number of pyridine rings is 1. The number of para-hydroxylation sites is 4.